The van der Waals surface area contributed by atoms with Crippen molar-refractivity contribution in [3.8, 4) is 0 Å². The van der Waals surface area contributed by atoms with Gasteiger partial charge in [0.2, 0.25) is 0 Å². The van der Waals surface area contributed by atoms with Crippen LogP contribution in [0.1, 0.15) is 45.6 Å². The first-order valence-electron chi connectivity index (χ1n) is 11.6. The second kappa shape index (κ2) is 10.3. The van der Waals surface area contributed by atoms with E-state index in [1.807, 2.05) is 24.8 Å². The third kappa shape index (κ3) is 4.61. The number of anilines is 1. The molecule has 2 aliphatic heterocycles. The smallest absolute Gasteiger partial charge is 0.309 e. The molecule has 10 heteroatoms. The van der Waals surface area contributed by atoms with Crippen molar-refractivity contribution in [2.45, 2.75) is 46.1 Å². The maximum Gasteiger partial charge on any atom is 0.309 e. The molecule has 0 radical (unpaired) electrons. The van der Waals surface area contributed by atoms with Crippen LogP contribution < -0.4 is 10.5 Å². The Morgan fingerprint density at radius 2 is 2.03 bits per heavy atom. The molecule has 0 spiro atoms. The molecular weight excluding hydrogens is 472 g/mol. The number of nitrogens with zero attached hydrogens (tertiary/aromatic N) is 4. The van der Waals surface area contributed by atoms with Gasteiger partial charge in [-0.2, -0.15) is 0 Å². The van der Waals surface area contributed by atoms with Gasteiger partial charge in [0.1, 0.15) is 15.8 Å². The monoisotopic (exact) mass is 500 g/mol. The summed E-state index contributed by atoms with van der Waals surface area (Å²) < 4.78 is 7.16. The number of amides is 1. The highest BCUT2D eigenvalue weighted by Crippen LogP contribution is 2.35. The first kappa shape index (κ1) is 24.4. The molecule has 0 unspecified atom stereocenters. The number of thioether (sulfide) groups is 1. The molecule has 0 N–H and O–H groups in total. The van der Waals surface area contributed by atoms with Crippen molar-refractivity contribution in [2.75, 3.05) is 24.6 Å². The number of fused-ring (bicyclic) bond motifs is 1. The Morgan fingerprint density at radius 3 is 2.71 bits per heavy atom. The van der Waals surface area contributed by atoms with E-state index in [0.29, 0.717) is 58.8 Å². The Kier molecular flexibility index (Phi) is 7.37. The van der Waals surface area contributed by atoms with E-state index >= 15 is 0 Å². The second-order valence-corrected chi connectivity index (χ2v) is 10.1. The van der Waals surface area contributed by atoms with Gasteiger partial charge in [-0.05, 0) is 51.3 Å². The van der Waals surface area contributed by atoms with Crippen molar-refractivity contribution in [3.63, 3.8) is 0 Å². The van der Waals surface area contributed by atoms with E-state index in [1.54, 1.807) is 36.2 Å². The molecule has 2 fully saturated rings. The molecule has 1 amide bonds. The maximum atomic E-state index is 13.5. The Bertz CT molecular complexity index is 1220. The van der Waals surface area contributed by atoms with Gasteiger partial charge in [0, 0.05) is 25.3 Å². The minimum Gasteiger partial charge on any atom is -0.466 e. The zero-order chi connectivity index (χ0) is 24.4. The molecule has 2 aromatic heterocycles. The molecule has 1 atom stereocenters. The van der Waals surface area contributed by atoms with E-state index in [2.05, 4.69) is 0 Å². The summed E-state index contributed by atoms with van der Waals surface area (Å²) in [6, 6.07) is 5.36. The summed E-state index contributed by atoms with van der Waals surface area (Å²) >= 11 is 6.67. The molecule has 0 bridgehead atoms. The largest absolute Gasteiger partial charge is 0.466 e. The molecule has 2 aliphatic rings. The molecule has 0 aromatic carbocycles. The highest BCUT2D eigenvalue weighted by molar-refractivity contribution is 8.26. The Hall–Kier alpha value is -2.72. The number of hydrogen-bond donors (Lipinski definition) is 0. The fraction of sp³-hybridized carbons (Fsp3) is 0.458. The van der Waals surface area contributed by atoms with Crippen LogP contribution in [0.2, 0.25) is 0 Å². The minimum absolute atomic E-state index is 0.0180. The minimum atomic E-state index is -0.248. The first-order chi connectivity index (χ1) is 16.3. The van der Waals surface area contributed by atoms with Gasteiger partial charge in [0.05, 0.1) is 23.0 Å². The van der Waals surface area contributed by atoms with Gasteiger partial charge >= 0.3 is 5.97 Å². The number of rotatable bonds is 6. The third-order valence-corrected chi connectivity index (χ3v) is 7.62. The summed E-state index contributed by atoms with van der Waals surface area (Å²) in [6.07, 6.45) is 5.31. The van der Waals surface area contributed by atoms with Crippen molar-refractivity contribution in [3.05, 3.63) is 45.2 Å². The molecule has 2 aromatic rings. The quantitative estimate of drug-likeness (QED) is 0.339. The van der Waals surface area contributed by atoms with Crippen LogP contribution in [0.5, 0.6) is 0 Å². The van der Waals surface area contributed by atoms with Crippen molar-refractivity contribution < 1.29 is 14.3 Å². The molecule has 34 heavy (non-hydrogen) atoms. The average molecular weight is 501 g/mol. The number of pyridine rings is 1. The molecule has 0 saturated carbocycles. The summed E-state index contributed by atoms with van der Waals surface area (Å²) in [7, 11) is 0. The van der Waals surface area contributed by atoms with E-state index in [9.17, 15) is 14.4 Å². The Morgan fingerprint density at radius 1 is 1.29 bits per heavy atom. The highest BCUT2D eigenvalue weighted by atomic mass is 32.2. The predicted octanol–water partition coefficient (Wildman–Crippen LogP) is 3.47. The number of carbonyl (C=O) groups excluding carboxylic acids is 2. The van der Waals surface area contributed by atoms with Gasteiger partial charge in [-0.25, -0.2) is 4.98 Å². The molecule has 2 saturated heterocycles. The number of hydrogen-bond acceptors (Lipinski definition) is 8. The molecule has 4 rings (SSSR count). The number of thiocarbonyl (C=S) groups is 1. The summed E-state index contributed by atoms with van der Waals surface area (Å²) in [5, 5.41) is 0. The van der Waals surface area contributed by atoms with Crippen LogP contribution in [0.25, 0.3) is 11.7 Å². The second-order valence-electron chi connectivity index (χ2n) is 8.41. The van der Waals surface area contributed by atoms with Gasteiger partial charge in [0.25, 0.3) is 11.5 Å². The van der Waals surface area contributed by atoms with E-state index in [1.165, 1.54) is 16.2 Å². The topological polar surface area (TPSA) is 84.2 Å². The lowest BCUT2D eigenvalue weighted by Gasteiger charge is -2.32. The molecule has 180 valence electrons. The summed E-state index contributed by atoms with van der Waals surface area (Å²) in [4.78, 5) is 47.6. The Balaban J connectivity index is 1.73. The molecule has 0 aliphatic carbocycles. The van der Waals surface area contributed by atoms with Crippen LogP contribution in [-0.4, -0.2) is 56.2 Å². The lowest BCUT2D eigenvalue weighted by molar-refractivity contribution is -0.148. The van der Waals surface area contributed by atoms with Gasteiger partial charge < -0.3 is 9.64 Å². The number of aromatic nitrogens is 2. The standard InChI is InChI=1S/C24H28N4O4S2/c1-4-15(3)28-22(30)18(34-24(28)33)14-17-20(25-19-8-6-7-11-27(19)21(17)29)26-12-9-16(10-13-26)23(31)32-5-2/h6-8,11,14-16H,4-5,9-10,12-13H2,1-3H3/b18-14-/t15-/m1/s1. The van der Waals surface area contributed by atoms with Gasteiger partial charge in [0.15, 0.2) is 0 Å². The van der Waals surface area contributed by atoms with Crippen molar-refractivity contribution in [2.24, 2.45) is 5.92 Å². The number of ether oxygens (including phenoxy) is 1. The fourth-order valence-corrected chi connectivity index (χ4v) is 5.66. The molecular formula is C24H28N4O4S2. The molecule has 4 heterocycles. The lowest BCUT2D eigenvalue weighted by atomic mass is 9.96. The van der Waals surface area contributed by atoms with Crippen molar-refractivity contribution in [1.29, 1.82) is 0 Å². The zero-order valence-corrected chi connectivity index (χ0v) is 21.2. The highest BCUT2D eigenvalue weighted by Gasteiger charge is 2.36. The number of piperidine rings is 1. The van der Waals surface area contributed by atoms with Crippen LogP contribution in [0.3, 0.4) is 0 Å². The van der Waals surface area contributed by atoms with E-state index in [0.717, 1.165) is 6.42 Å². The predicted molar refractivity (Wildman–Crippen MR) is 138 cm³/mol. The fourth-order valence-electron chi connectivity index (χ4n) is 4.22. The van der Waals surface area contributed by atoms with E-state index in [4.69, 9.17) is 21.9 Å². The lowest BCUT2D eigenvalue weighted by Crippen LogP contribution is -2.39. The summed E-state index contributed by atoms with van der Waals surface area (Å²) in [6.45, 7) is 7.25. The van der Waals surface area contributed by atoms with Crippen molar-refractivity contribution >= 4 is 57.7 Å². The van der Waals surface area contributed by atoms with Crippen LogP contribution in [0.4, 0.5) is 5.82 Å². The average Bonchev–Trinajstić information content (AvgIpc) is 3.13. The van der Waals surface area contributed by atoms with Gasteiger partial charge in [-0.15, -0.1) is 0 Å². The third-order valence-electron chi connectivity index (χ3n) is 6.29. The van der Waals surface area contributed by atoms with Crippen LogP contribution in [-0.2, 0) is 14.3 Å². The first-order valence-corrected chi connectivity index (χ1v) is 12.8. The van der Waals surface area contributed by atoms with Crippen molar-refractivity contribution in [1.82, 2.24) is 14.3 Å². The molecule has 8 nitrogen and oxygen atoms in total. The Labute approximate surface area is 208 Å². The number of carbonyl (C=O) groups is 2. The van der Waals surface area contributed by atoms with Crippen LogP contribution in [0, 0.1) is 5.92 Å². The summed E-state index contributed by atoms with van der Waals surface area (Å²) in [5.41, 5.74) is 0.629. The van der Waals surface area contributed by atoms with E-state index < -0.39 is 0 Å². The van der Waals surface area contributed by atoms with Gasteiger partial charge in [-0.1, -0.05) is 37.0 Å². The SMILES string of the molecule is CCOC(=O)C1CCN(c2nc3ccccn3c(=O)c2/C=C2\SC(=S)N([C@H](C)CC)C2=O)CC1. The maximum absolute atomic E-state index is 13.5. The van der Waals surface area contributed by atoms with Crippen LogP contribution >= 0.6 is 24.0 Å². The van der Waals surface area contributed by atoms with Crippen LogP contribution in [0.15, 0.2) is 34.1 Å². The van der Waals surface area contributed by atoms with Gasteiger partial charge in [-0.3, -0.25) is 23.7 Å². The van der Waals surface area contributed by atoms with E-state index in [-0.39, 0.29) is 29.4 Å². The normalized spacial score (nSPS) is 19.3. The number of esters is 1. The zero-order valence-electron chi connectivity index (χ0n) is 19.5. The summed E-state index contributed by atoms with van der Waals surface area (Å²) in [5.74, 6) is -0.00295.